The molecule has 41 heavy (non-hydrogen) atoms. The predicted octanol–water partition coefficient (Wildman–Crippen LogP) is 7.54. The number of anilines is 1. The number of ether oxygens (including phenoxy) is 1. The molecule has 7 nitrogen and oxygen atoms in total. The fourth-order valence-corrected chi connectivity index (χ4v) is 5.76. The van der Waals surface area contributed by atoms with Crippen molar-refractivity contribution < 1.29 is 17.9 Å². The third-order valence-corrected chi connectivity index (χ3v) is 7.66. The van der Waals surface area contributed by atoms with Crippen LogP contribution in [0.25, 0.3) is 27.6 Å². The zero-order valence-electron chi connectivity index (χ0n) is 22.2. The monoisotopic (exact) mass is 574 g/mol. The van der Waals surface area contributed by atoms with Gasteiger partial charge in [-0.25, -0.2) is 9.97 Å². The maximum Gasteiger partial charge on any atom is 0.573 e. The topological polar surface area (TPSA) is 67.9 Å². The van der Waals surface area contributed by atoms with Crippen molar-refractivity contribution in [3.8, 4) is 11.4 Å². The van der Waals surface area contributed by atoms with Gasteiger partial charge in [0.1, 0.15) is 12.1 Å². The van der Waals surface area contributed by atoms with Crippen LogP contribution in [0, 0.1) is 0 Å². The van der Waals surface area contributed by atoms with Crippen molar-refractivity contribution in [2.24, 2.45) is 10.2 Å². The summed E-state index contributed by atoms with van der Waals surface area (Å²) in [6.45, 7) is 5.26. The Hall–Kier alpha value is -4.38. The summed E-state index contributed by atoms with van der Waals surface area (Å²) in [7, 11) is 0. The highest BCUT2D eigenvalue weighted by atomic mass is 32.2. The molecule has 0 atom stereocenters. The molecular formula is C30H25F3N6OS. The Balaban J connectivity index is 1.24. The lowest BCUT2D eigenvalue weighted by molar-refractivity contribution is -0.274. The highest BCUT2D eigenvalue weighted by molar-refractivity contribution is 8.14. The summed E-state index contributed by atoms with van der Waals surface area (Å²) in [6, 6.07) is 21.6. The van der Waals surface area contributed by atoms with E-state index in [0.717, 1.165) is 39.4 Å². The minimum Gasteiger partial charge on any atom is -0.406 e. The van der Waals surface area contributed by atoms with Gasteiger partial charge in [-0.15, -0.1) is 18.3 Å². The van der Waals surface area contributed by atoms with E-state index in [1.165, 1.54) is 23.4 Å². The lowest BCUT2D eigenvalue weighted by atomic mass is 10.0. The number of nitrogens with zero attached hydrogens (tertiary/aromatic N) is 6. The predicted molar refractivity (Wildman–Crippen MR) is 158 cm³/mol. The lowest BCUT2D eigenvalue weighted by Gasteiger charge is -2.22. The number of para-hydroxylation sites is 1. The van der Waals surface area contributed by atoms with Gasteiger partial charge >= 0.3 is 6.36 Å². The van der Waals surface area contributed by atoms with Crippen molar-refractivity contribution in [3.05, 3.63) is 90.4 Å². The van der Waals surface area contributed by atoms with Gasteiger partial charge in [0.25, 0.3) is 0 Å². The molecule has 1 aliphatic rings. The van der Waals surface area contributed by atoms with E-state index in [1.807, 2.05) is 30.3 Å². The number of rotatable bonds is 6. The average molecular weight is 575 g/mol. The Morgan fingerprint density at radius 3 is 2.59 bits per heavy atom. The average Bonchev–Trinajstić information content (AvgIpc) is 3.60. The Kier molecular flexibility index (Phi) is 7.12. The number of alkyl halides is 3. The smallest absolute Gasteiger partial charge is 0.406 e. The molecule has 0 unspecified atom stereocenters. The third-order valence-electron chi connectivity index (χ3n) is 6.71. The Morgan fingerprint density at radius 2 is 1.80 bits per heavy atom. The molecule has 2 aromatic heterocycles. The zero-order chi connectivity index (χ0) is 28.6. The van der Waals surface area contributed by atoms with E-state index in [4.69, 9.17) is 4.98 Å². The maximum absolute atomic E-state index is 12.5. The first-order chi connectivity index (χ1) is 19.8. The van der Waals surface area contributed by atoms with Crippen molar-refractivity contribution >= 4 is 50.8 Å². The summed E-state index contributed by atoms with van der Waals surface area (Å²) in [6.07, 6.45) is -1.45. The van der Waals surface area contributed by atoms with Crippen LogP contribution in [0.2, 0.25) is 0 Å². The molecule has 208 valence electrons. The first kappa shape index (κ1) is 26.8. The van der Waals surface area contributed by atoms with Gasteiger partial charge in [0.2, 0.25) is 0 Å². The third kappa shape index (κ3) is 5.62. The molecule has 1 saturated heterocycles. The van der Waals surface area contributed by atoms with Crippen LogP contribution in [0.1, 0.15) is 31.0 Å². The molecule has 3 aromatic carbocycles. The summed E-state index contributed by atoms with van der Waals surface area (Å²) in [5.41, 5.74) is 6.05. The number of pyridine rings is 1. The van der Waals surface area contributed by atoms with Crippen molar-refractivity contribution in [1.82, 2.24) is 14.5 Å². The molecule has 0 radical (unpaired) electrons. The Morgan fingerprint density at radius 1 is 1.00 bits per heavy atom. The molecule has 0 bridgehead atoms. The highest BCUT2D eigenvalue weighted by Gasteiger charge is 2.31. The van der Waals surface area contributed by atoms with E-state index in [1.54, 1.807) is 41.0 Å². The number of halogens is 3. The van der Waals surface area contributed by atoms with Crippen molar-refractivity contribution in [1.29, 1.82) is 0 Å². The maximum atomic E-state index is 12.5. The molecule has 0 aliphatic carbocycles. The van der Waals surface area contributed by atoms with Crippen molar-refractivity contribution in [3.63, 3.8) is 0 Å². The number of benzene rings is 3. The quantitative estimate of drug-likeness (QED) is 0.155. The summed E-state index contributed by atoms with van der Waals surface area (Å²) in [4.78, 5) is 11.5. The second-order valence-electron chi connectivity index (χ2n) is 9.73. The fourth-order valence-electron chi connectivity index (χ4n) is 4.85. The highest BCUT2D eigenvalue weighted by Crippen LogP contribution is 2.33. The minimum atomic E-state index is -4.73. The minimum absolute atomic E-state index is 0.278. The molecule has 6 rings (SSSR count). The van der Waals surface area contributed by atoms with Crippen LogP contribution in [-0.4, -0.2) is 44.6 Å². The van der Waals surface area contributed by atoms with E-state index in [2.05, 4.69) is 56.9 Å². The number of hydrogen-bond donors (Lipinski definition) is 0. The van der Waals surface area contributed by atoms with Gasteiger partial charge in [-0.2, -0.15) is 5.10 Å². The first-order valence-corrected chi connectivity index (χ1v) is 14.0. The van der Waals surface area contributed by atoms with Crippen LogP contribution in [0.5, 0.6) is 5.75 Å². The van der Waals surface area contributed by atoms with Gasteiger partial charge in [-0.1, -0.05) is 43.8 Å². The van der Waals surface area contributed by atoms with E-state index < -0.39 is 6.36 Å². The molecule has 1 fully saturated rings. The normalized spacial score (nSPS) is 15.3. The van der Waals surface area contributed by atoms with Gasteiger partial charge in [-0.05, 0) is 66.1 Å². The molecule has 0 spiro atoms. The van der Waals surface area contributed by atoms with E-state index in [0.29, 0.717) is 17.3 Å². The number of fused-ring (bicyclic) bond motifs is 3. The summed E-state index contributed by atoms with van der Waals surface area (Å²) >= 11 is 1.68. The first-order valence-electron chi connectivity index (χ1n) is 13.0. The molecule has 1 aliphatic heterocycles. The number of hydrogen-bond acceptors (Lipinski definition) is 6. The van der Waals surface area contributed by atoms with Crippen molar-refractivity contribution in [2.45, 2.75) is 26.1 Å². The van der Waals surface area contributed by atoms with Crippen molar-refractivity contribution in [2.75, 3.05) is 17.2 Å². The standard InChI is InChI=1S/C30H25F3N6OS/c1-19(2)23-5-3-4-6-26(23)38-15-16-41-29(38)37-35-17-20-7-12-24-25(36-20)13-14-27-28(24)34-18-39(27)21-8-10-22(11-9-21)40-30(31,32)33/h3-14,17-19H,15-16H2,1-2H3/b35-17+,37-29+. The SMILES string of the molecule is CC(C)c1ccccc1N1CCS/C1=N/N=C/c1ccc2c(ccc3c2ncn3-c2ccc(OC(F)(F)F)cc2)n1. The molecule has 0 amide bonds. The molecular weight excluding hydrogens is 549 g/mol. The van der Waals surface area contributed by atoms with Gasteiger partial charge in [0, 0.05) is 29.1 Å². The summed E-state index contributed by atoms with van der Waals surface area (Å²) in [5, 5.41) is 10.6. The molecule has 0 saturated carbocycles. The molecule has 5 aromatic rings. The summed E-state index contributed by atoms with van der Waals surface area (Å²) in [5.74, 6) is 1.07. The number of thioether (sulfide) groups is 1. The molecule has 11 heteroatoms. The Labute approximate surface area is 238 Å². The van der Waals surface area contributed by atoms with E-state index in [-0.39, 0.29) is 5.75 Å². The van der Waals surface area contributed by atoms with E-state index >= 15 is 0 Å². The van der Waals surface area contributed by atoms with Crippen LogP contribution >= 0.6 is 11.8 Å². The number of imidazole rings is 1. The molecule has 3 heterocycles. The van der Waals surface area contributed by atoms with Crippen LogP contribution in [0.15, 0.2) is 89.3 Å². The van der Waals surface area contributed by atoms with Crippen LogP contribution in [-0.2, 0) is 0 Å². The van der Waals surface area contributed by atoms with Crippen LogP contribution in [0.4, 0.5) is 18.9 Å². The zero-order valence-corrected chi connectivity index (χ0v) is 23.0. The lowest BCUT2D eigenvalue weighted by Crippen LogP contribution is -2.24. The van der Waals surface area contributed by atoms with Gasteiger partial charge in [0.15, 0.2) is 5.17 Å². The van der Waals surface area contributed by atoms with Crippen LogP contribution < -0.4 is 9.64 Å². The van der Waals surface area contributed by atoms with E-state index in [9.17, 15) is 13.2 Å². The summed E-state index contributed by atoms with van der Waals surface area (Å²) < 4.78 is 43.3. The van der Waals surface area contributed by atoms with Gasteiger partial charge in [-0.3, -0.25) is 4.57 Å². The fraction of sp³-hybridized carbons (Fsp3) is 0.200. The largest absolute Gasteiger partial charge is 0.573 e. The van der Waals surface area contributed by atoms with Gasteiger partial charge in [0.05, 0.1) is 28.5 Å². The second kappa shape index (κ2) is 10.9. The number of aromatic nitrogens is 3. The Bertz CT molecular complexity index is 1780. The molecule has 0 N–H and O–H groups in total. The van der Waals surface area contributed by atoms with Gasteiger partial charge < -0.3 is 9.64 Å². The second-order valence-corrected chi connectivity index (χ2v) is 10.8. The van der Waals surface area contributed by atoms with Crippen LogP contribution in [0.3, 0.4) is 0 Å². The number of amidine groups is 1.